The molecule has 3 N–H and O–H groups in total. The summed E-state index contributed by atoms with van der Waals surface area (Å²) in [5.41, 5.74) is 8.60. The SMILES string of the molecule is O=C(NCc1ccncc1)Nc1ccc(-c2n[nH]c3c2Cc2ccccc2-3)cc1. The molecule has 0 spiro atoms. The number of nitrogens with zero attached hydrogens (tertiary/aromatic N) is 2. The van der Waals surface area contributed by atoms with E-state index in [1.807, 2.05) is 36.4 Å². The van der Waals surface area contributed by atoms with E-state index in [2.05, 4.69) is 50.1 Å². The minimum absolute atomic E-state index is 0.245. The van der Waals surface area contributed by atoms with Crippen LogP contribution in [0.3, 0.4) is 0 Å². The van der Waals surface area contributed by atoms with Crippen molar-refractivity contribution in [2.24, 2.45) is 0 Å². The maximum atomic E-state index is 12.1. The lowest BCUT2D eigenvalue weighted by molar-refractivity contribution is 0.251. The van der Waals surface area contributed by atoms with Crippen molar-refractivity contribution in [3.63, 3.8) is 0 Å². The van der Waals surface area contributed by atoms with E-state index < -0.39 is 0 Å². The number of aromatic nitrogens is 3. The Morgan fingerprint density at radius 3 is 2.62 bits per heavy atom. The number of nitrogens with one attached hydrogen (secondary N) is 3. The van der Waals surface area contributed by atoms with Crippen molar-refractivity contribution in [1.82, 2.24) is 20.5 Å². The minimum atomic E-state index is -0.245. The minimum Gasteiger partial charge on any atom is -0.334 e. The lowest BCUT2D eigenvalue weighted by atomic mass is 10.1. The normalized spacial score (nSPS) is 11.6. The molecule has 2 aromatic heterocycles. The Morgan fingerprint density at radius 2 is 1.79 bits per heavy atom. The van der Waals surface area contributed by atoms with Crippen LogP contribution in [-0.2, 0) is 13.0 Å². The molecule has 4 aromatic rings. The van der Waals surface area contributed by atoms with Crippen molar-refractivity contribution in [2.45, 2.75) is 13.0 Å². The molecule has 6 nitrogen and oxygen atoms in total. The van der Waals surface area contributed by atoms with Gasteiger partial charge in [0.15, 0.2) is 0 Å². The quantitative estimate of drug-likeness (QED) is 0.432. The monoisotopic (exact) mass is 381 g/mol. The van der Waals surface area contributed by atoms with Crippen LogP contribution in [-0.4, -0.2) is 21.2 Å². The summed E-state index contributed by atoms with van der Waals surface area (Å²) < 4.78 is 0. The zero-order valence-electron chi connectivity index (χ0n) is 15.6. The first kappa shape index (κ1) is 17.2. The van der Waals surface area contributed by atoms with Crippen molar-refractivity contribution >= 4 is 11.7 Å². The van der Waals surface area contributed by atoms with E-state index in [0.717, 1.165) is 34.6 Å². The number of fused-ring (bicyclic) bond motifs is 3. The van der Waals surface area contributed by atoms with Crippen LogP contribution < -0.4 is 10.6 Å². The van der Waals surface area contributed by atoms with Crippen molar-refractivity contribution < 1.29 is 4.79 Å². The van der Waals surface area contributed by atoms with E-state index in [1.165, 1.54) is 16.7 Å². The molecule has 0 aliphatic heterocycles. The summed E-state index contributed by atoms with van der Waals surface area (Å²) >= 11 is 0. The number of carbonyl (C=O) groups is 1. The molecule has 2 heterocycles. The Balaban J connectivity index is 1.27. The number of hydrogen-bond donors (Lipinski definition) is 3. The van der Waals surface area contributed by atoms with Crippen LogP contribution in [0.1, 0.15) is 16.7 Å². The van der Waals surface area contributed by atoms with Gasteiger partial charge in [-0.15, -0.1) is 0 Å². The number of pyridine rings is 1. The Labute approximate surface area is 168 Å². The number of urea groups is 1. The molecule has 0 fully saturated rings. The van der Waals surface area contributed by atoms with Gasteiger partial charge in [-0.25, -0.2) is 4.79 Å². The van der Waals surface area contributed by atoms with Crippen molar-refractivity contribution in [3.05, 3.63) is 89.7 Å². The molecule has 0 atom stereocenters. The molecule has 2 aromatic carbocycles. The maximum absolute atomic E-state index is 12.1. The number of rotatable bonds is 4. The predicted octanol–water partition coefficient (Wildman–Crippen LogP) is 4.36. The molecular weight excluding hydrogens is 362 g/mol. The summed E-state index contributed by atoms with van der Waals surface area (Å²) in [6.45, 7) is 0.451. The molecule has 0 radical (unpaired) electrons. The third-order valence-corrected chi connectivity index (χ3v) is 5.14. The topological polar surface area (TPSA) is 82.7 Å². The number of benzene rings is 2. The Bertz CT molecular complexity index is 1170. The predicted molar refractivity (Wildman–Crippen MR) is 112 cm³/mol. The number of anilines is 1. The molecule has 0 bridgehead atoms. The first-order valence-corrected chi connectivity index (χ1v) is 9.47. The van der Waals surface area contributed by atoms with Crippen LogP contribution in [0, 0.1) is 0 Å². The largest absolute Gasteiger partial charge is 0.334 e. The third-order valence-electron chi connectivity index (χ3n) is 5.14. The van der Waals surface area contributed by atoms with Gasteiger partial charge in [-0.2, -0.15) is 5.10 Å². The second-order valence-corrected chi connectivity index (χ2v) is 7.00. The van der Waals surface area contributed by atoms with E-state index in [-0.39, 0.29) is 6.03 Å². The zero-order valence-corrected chi connectivity index (χ0v) is 15.6. The van der Waals surface area contributed by atoms with Crippen LogP contribution in [0.4, 0.5) is 10.5 Å². The number of carbonyl (C=O) groups excluding carboxylic acids is 1. The van der Waals surface area contributed by atoms with Crippen molar-refractivity contribution in [3.8, 4) is 22.5 Å². The van der Waals surface area contributed by atoms with Crippen molar-refractivity contribution in [2.75, 3.05) is 5.32 Å². The number of H-pyrrole nitrogens is 1. The van der Waals surface area contributed by atoms with Gasteiger partial charge in [0.05, 0.1) is 11.4 Å². The van der Waals surface area contributed by atoms with E-state index in [9.17, 15) is 4.79 Å². The van der Waals surface area contributed by atoms with Gasteiger partial charge in [0.25, 0.3) is 0 Å². The van der Waals surface area contributed by atoms with Gasteiger partial charge in [0.1, 0.15) is 0 Å². The van der Waals surface area contributed by atoms with Gasteiger partial charge in [-0.05, 0) is 35.4 Å². The van der Waals surface area contributed by atoms with Gasteiger partial charge in [-0.3, -0.25) is 10.1 Å². The highest BCUT2D eigenvalue weighted by Gasteiger charge is 2.24. The fourth-order valence-electron chi connectivity index (χ4n) is 3.68. The molecule has 0 unspecified atom stereocenters. The summed E-state index contributed by atoms with van der Waals surface area (Å²) in [6, 6.07) is 19.7. The van der Waals surface area contributed by atoms with E-state index in [1.54, 1.807) is 12.4 Å². The van der Waals surface area contributed by atoms with Crippen LogP contribution in [0.5, 0.6) is 0 Å². The highest BCUT2D eigenvalue weighted by molar-refractivity contribution is 5.89. The van der Waals surface area contributed by atoms with Gasteiger partial charge < -0.3 is 10.6 Å². The smallest absolute Gasteiger partial charge is 0.319 e. The first-order valence-electron chi connectivity index (χ1n) is 9.47. The Hall–Kier alpha value is -3.93. The summed E-state index contributed by atoms with van der Waals surface area (Å²) in [5, 5.41) is 13.4. The van der Waals surface area contributed by atoms with Gasteiger partial charge in [0.2, 0.25) is 0 Å². The standard InChI is InChI=1S/C23H19N5O/c29-23(25-14-15-9-11-24-12-10-15)26-18-7-5-16(6-8-18)21-20-13-17-3-1-2-4-19(17)22(20)28-27-21/h1-12H,13-14H2,(H,27,28)(H2,25,26,29). The fourth-order valence-corrected chi connectivity index (χ4v) is 3.68. The molecule has 29 heavy (non-hydrogen) atoms. The third kappa shape index (κ3) is 3.36. The van der Waals surface area contributed by atoms with Crippen LogP contribution >= 0.6 is 0 Å². The average Bonchev–Trinajstić information content (AvgIpc) is 3.33. The van der Waals surface area contributed by atoms with E-state index >= 15 is 0 Å². The van der Waals surface area contributed by atoms with Crippen LogP contribution in [0.2, 0.25) is 0 Å². The molecule has 1 aliphatic carbocycles. The highest BCUT2D eigenvalue weighted by atomic mass is 16.2. The van der Waals surface area contributed by atoms with Crippen molar-refractivity contribution in [1.29, 1.82) is 0 Å². The molecule has 6 heteroatoms. The van der Waals surface area contributed by atoms with E-state index in [0.29, 0.717) is 6.54 Å². The number of hydrogen-bond acceptors (Lipinski definition) is 3. The Kier molecular flexibility index (Phi) is 4.29. The fraction of sp³-hybridized carbons (Fsp3) is 0.0870. The highest BCUT2D eigenvalue weighted by Crippen LogP contribution is 2.39. The van der Waals surface area contributed by atoms with Crippen LogP contribution in [0.15, 0.2) is 73.1 Å². The summed E-state index contributed by atoms with van der Waals surface area (Å²) in [5.74, 6) is 0. The molecule has 142 valence electrons. The molecule has 1 aliphatic rings. The Morgan fingerprint density at radius 1 is 1.00 bits per heavy atom. The van der Waals surface area contributed by atoms with Gasteiger partial charge in [0, 0.05) is 47.7 Å². The molecule has 5 rings (SSSR count). The zero-order chi connectivity index (χ0) is 19.6. The number of aromatic amines is 1. The molecule has 0 saturated heterocycles. The maximum Gasteiger partial charge on any atom is 0.319 e. The first-order chi connectivity index (χ1) is 14.3. The van der Waals surface area contributed by atoms with Crippen LogP contribution in [0.25, 0.3) is 22.5 Å². The lowest BCUT2D eigenvalue weighted by Crippen LogP contribution is -2.28. The molecule has 2 amide bonds. The summed E-state index contributed by atoms with van der Waals surface area (Å²) in [4.78, 5) is 16.1. The molecule has 0 saturated carbocycles. The number of amides is 2. The summed E-state index contributed by atoms with van der Waals surface area (Å²) in [6.07, 6.45) is 4.30. The lowest BCUT2D eigenvalue weighted by Gasteiger charge is -2.08. The molecular formula is C23H19N5O. The summed E-state index contributed by atoms with van der Waals surface area (Å²) in [7, 11) is 0. The van der Waals surface area contributed by atoms with Gasteiger partial charge in [-0.1, -0.05) is 36.4 Å². The second kappa shape index (κ2) is 7.24. The second-order valence-electron chi connectivity index (χ2n) is 7.00. The van der Waals surface area contributed by atoms with Gasteiger partial charge >= 0.3 is 6.03 Å². The average molecular weight is 381 g/mol. The van der Waals surface area contributed by atoms with E-state index in [4.69, 9.17) is 0 Å².